The van der Waals surface area contributed by atoms with Crippen LogP contribution in [0.25, 0.3) is 0 Å². The lowest BCUT2D eigenvalue weighted by molar-refractivity contribution is 0.503. The third-order valence-corrected chi connectivity index (χ3v) is 3.16. The van der Waals surface area contributed by atoms with Gasteiger partial charge in [-0.2, -0.15) is 11.8 Å². The summed E-state index contributed by atoms with van der Waals surface area (Å²) in [5.74, 6) is 2.13. The van der Waals surface area contributed by atoms with Crippen LogP contribution < -0.4 is 0 Å². The second-order valence-electron chi connectivity index (χ2n) is 4.21. The minimum absolute atomic E-state index is 0.490. The SMILES string of the molecule is CCCSC(C)(C)CC(C)C. The van der Waals surface area contributed by atoms with Gasteiger partial charge >= 0.3 is 0 Å². The van der Waals surface area contributed by atoms with Gasteiger partial charge in [0.1, 0.15) is 0 Å². The molecular weight excluding hydrogens is 152 g/mol. The van der Waals surface area contributed by atoms with Crippen LogP contribution >= 0.6 is 11.8 Å². The van der Waals surface area contributed by atoms with Gasteiger partial charge in [0.25, 0.3) is 0 Å². The van der Waals surface area contributed by atoms with E-state index in [1.165, 1.54) is 18.6 Å². The van der Waals surface area contributed by atoms with Crippen molar-refractivity contribution in [2.24, 2.45) is 5.92 Å². The first-order chi connectivity index (χ1) is 4.98. The third kappa shape index (κ3) is 6.74. The maximum atomic E-state index is 2.35. The Bertz CT molecular complexity index is 95.0. The van der Waals surface area contributed by atoms with E-state index in [-0.39, 0.29) is 0 Å². The molecule has 0 heterocycles. The lowest BCUT2D eigenvalue weighted by atomic mass is 10.0. The average molecular weight is 174 g/mol. The summed E-state index contributed by atoms with van der Waals surface area (Å²) >= 11 is 2.11. The first kappa shape index (κ1) is 11.4. The van der Waals surface area contributed by atoms with Crippen LogP contribution in [0.15, 0.2) is 0 Å². The van der Waals surface area contributed by atoms with Crippen molar-refractivity contribution in [2.75, 3.05) is 5.75 Å². The van der Waals surface area contributed by atoms with Crippen LogP contribution in [0.1, 0.15) is 47.5 Å². The molecule has 0 saturated heterocycles. The topological polar surface area (TPSA) is 0 Å². The van der Waals surface area contributed by atoms with E-state index in [0.29, 0.717) is 4.75 Å². The Kier molecular flexibility index (Phi) is 5.24. The fourth-order valence-corrected chi connectivity index (χ4v) is 2.63. The molecule has 0 aromatic carbocycles. The summed E-state index contributed by atoms with van der Waals surface area (Å²) in [5.41, 5.74) is 0. The highest BCUT2D eigenvalue weighted by Crippen LogP contribution is 2.31. The zero-order chi connectivity index (χ0) is 8.91. The summed E-state index contributed by atoms with van der Waals surface area (Å²) in [4.78, 5) is 0. The number of thioether (sulfide) groups is 1. The first-order valence-corrected chi connectivity index (χ1v) is 5.60. The maximum Gasteiger partial charge on any atom is 0.0106 e. The van der Waals surface area contributed by atoms with E-state index in [4.69, 9.17) is 0 Å². The molecule has 0 unspecified atom stereocenters. The molecule has 0 fully saturated rings. The van der Waals surface area contributed by atoms with E-state index in [1.54, 1.807) is 0 Å². The van der Waals surface area contributed by atoms with Crippen molar-refractivity contribution in [3.05, 3.63) is 0 Å². The highest BCUT2D eigenvalue weighted by molar-refractivity contribution is 8.00. The Morgan fingerprint density at radius 2 is 1.82 bits per heavy atom. The second-order valence-corrected chi connectivity index (χ2v) is 6.01. The first-order valence-electron chi connectivity index (χ1n) is 4.62. The van der Waals surface area contributed by atoms with Gasteiger partial charge in [-0.25, -0.2) is 0 Å². The standard InChI is InChI=1S/C10H22S/c1-6-7-11-10(4,5)8-9(2)3/h9H,6-8H2,1-5H3. The van der Waals surface area contributed by atoms with Crippen molar-refractivity contribution < 1.29 is 0 Å². The second kappa shape index (κ2) is 5.08. The van der Waals surface area contributed by atoms with E-state index >= 15 is 0 Å². The zero-order valence-corrected chi connectivity index (χ0v) is 9.42. The van der Waals surface area contributed by atoms with E-state index < -0.39 is 0 Å². The van der Waals surface area contributed by atoms with Gasteiger partial charge in [-0.15, -0.1) is 0 Å². The number of hydrogen-bond acceptors (Lipinski definition) is 1. The minimum atomic E-state index is 0.490. The fourth-order valence-electron chi connectivity index (χ4n) is 1.42. The number of hydrogen-bond donors (Lipinski definition) is 0. The molecule has 0 aliphatic heterocycles. The lowest BCUT2D eigenvalue weighted by Crippen LogP contribution is -2.18. The third-order valence-electron chi connectivity index (χ3n) is 1.60. The lowest BCUT2D eigenvalue weighted by Gasteiger charge is -2.25. The summed E-state index contributed by atoms with van der Waals surface area (Å²) in [6.45, 7) is 11.6. The Balaban J connectivity index is 3.61. The van der Waals surface area contributed by atoms with Gasteiger partial charge in [0, 0.05) is 4.75 Å². The van der Waals surface area contributed by atoms with Gasteiger partial charge in [-0.1, -0.05) is 34.6 Å². The van der Waals surface area contributed by atoms with Crippen molar-refractivity contribution in [3.63, 3.8) is 0 Å². The van der Waals surface area contributed by atoms with Crippen LogP contribution in [0.2, 0.25) is 0 Å². The van der Waals surface area contributed by atoms with Crippen molar-refractivity contribution in [3.8, 4) is 0 Å². The molecule has 0 nitrogen and oxygen atoms in total. The molecule has 0 amide bonds. The molecule has 68 valence electrons. The Hall–Kier alpha value is 0.350. The minimum Gasteiger partial charge on any atom is -0.156 e. The van der Waals surface area contributed by atoms with E-state index in [9.17, 15) is 0 Å². The fraction of sp³-hybridized carbons (Fsp3) is 1.00. The molecule has 0 aromatic rings. The Morgan fingerprint density at radius 3 is 2.18 bits per heavy atom. The normalized spacial score (nSPS) is 12.5. The van der Waals surface area contributed by atoms with Crippen LogP contribution in [0, 0.1) is 5.92 Å². The maximum absolute atomic E-state index is 2.35. The molecule has 0 bridgehead atoms. The quantitative estimate of drug-likeness (QED) is 0.608. The number of rotatable bonds is 5. The zero-order valence-electron chi connectivity index (χ0n) is 8.61. The molecule has 0 spiro atoms. The average Bonchev–Trinajstić information content (AvgIpc) is 1.81. The molecule has 1 heteroatoms. The van der Waals surface area contributed by atoms with Gasteiger partial charge in [0.15, 0.2) is 0 Å². The van der Waals surface area contributed by atoms with E-state index in [1.807, 2.05) is 0 Å². The van der Waals surface area contributed by atoms with Crippen LogP contribution in [0.3, 0.4) is 0 Å². The Morgan fingerprint density at radius 1 is 1.27 bits per heavy atom. The monoisotopic (exact) mass is 174 g/mol. The predicted molar refractivity (Wildman–Crippen MR) is 56.3 cm³/mol. The summed E-state index contributed by atoms with van der Waals surface area (Å²) in [6, 6.07) is 0. The molecule has 0 rings (SSSR count). The smallest absolute Gasteiger partial charge is 0.0106 e. The molecule has 0 aliphatic rings. The van der Waals surface area contributed by atoms with Gasteiger partial charge in [0.2, 0.25) is 0 Å². The molecule has 0 atom stereocenters. The molecule has 0 radical (unpaired) electrons. The summed E-state index contributed by atoms with van der Waals surface area (Å²) in [6.07, 6.45) is 2.63. The van der Waals surface area contributed by atoms with Gasteiger partial charge in [0.05, 0.1) is 0 Å². The van der Waals surface area contributed by atoms with Crippen LogP contribution in [0.4, 0.5) is 0 Å². The van der Waals surface area contributed by atoms with Gasteiger partial charge in [-0.05, 0) is 24.5 Å². The molecule has 0 saturated carbocycles. The molecule has 0 aliphatic carbocycles. The van der Waals surface area contributed by atoms with Crippen molar-refractivity contribution in [2.45, 2.75) is 52.2 Å². The molecule has 0 aromatic heterocycles. The van der Waals surface area contributed by atoms with Crippen molar-refractivity contribution >= 4 is 11.8 Å². The van der Waals surface area contributed by atoms with E-state index in [2.05, 4.69) is 46.4 Å². The van der Waals surface area contributed by atoms with Gasteiger partial charge < -0.3 is 0 Å². The molecule has 11 heavy (non-hydrogen) atoms. The summed E-state index contributed by atoms with van der Waals surface area (Å²) in [7, 11) is 0. The van der Waals surface area contributed by atoms with E-state index in [0.717, 1.165) is 5.92 Å². The van der Waals surface area contributed by atoms with Crippen molar-refractivity contribution in [1.82, 2.24) is 0 Å². The predicted octanol–water partition coefficient (Wildman–Crippen LogP) is 3.95. The summed E-state index contributed by atoms with van der Waals surface area (Å²) < 4.78 is 0.490. The Labute approximate surface area is 76.1 Å². The highest BCUT2D eigenvalue weighted by Gasteiger charge is 2.18. The molecular formula is C10H22S. The molecule has 0 N–H and O–H groups in total. The van der Waals surface area contributed by atoms with Crippen LogP contribution in [-0.2, 0) is 0 Å². The van der Waals surface area contributed by atoms with Gasteiger partial charge in [-0.3, -0.25) is 0 Å². The van der Waals surface area contributed by atoms with Crippen LogP contribution in [0.5, 0.6) is 0 Å². The summed E-state index contributed by atoms with van der Waals surface area (Å²) in [5, 5.41) is 0. The largest absolute Gasteiger partial charge is 0.156 e. The highest BCUT2D eigenvalue weighted by atomic mass is 32.2. The van der Waals surface area contributed by atoms with Crippen LogP contribution in [-0.4, -0.2) is 10.5 Å². The van der Waals surface area contributed by atoms with Crippen molar-refractivity contribution in [1.29, 1.82) is 0 Å².